The van der Waals surface area contributed by atoms with E-state index in [-0.39, 0.29) is 12.1 Å². The highest BCUT2D eigenvalue weighted by Gasteiger charge is 2.34. The van der Waals surface area contributed by atoms with Gasteiger partial charge in [0.2, 0.25) is 0 Å². The summed E-state index contributed by atoms with van der Waals surface area (Å²) < 4.78 is 5.54. The molecule has 0 spiro atoms. The minimum absolute atomic E-state index is 0.266. The molecular formula is C24H27N3O3. The molecular weight excluding hydrogens is 378 g/mol. The van der Waals surface area contributed by atoms with Gasteiger partial charge in [0.15, 0.2) is 0 Å². The lowest BCUT2D eigenvalue weighted by Crippen LogP contribution is -2.45. The molecule has 0 aliphatic carbocycles. The molecule has 2 aromatic carbocycles. The van der Waals surface area contributed by atoms with Crippen LogP contribution < -0.4 is 15.5 Å². The first kappa shape index (κ1) is 20.0. The van der Waals surface area contributed by atoms with Gasteiger partial charge in [0.25, 0.3) is 0 Å². The van der Waals surface area contributed by atoms with E-state index in [9.17, 15) is 9.59 Å². The summed E-state index contributed by atoms with van der Waals surface area (Å²) in [6.45, 7) is 5.76. The third-order valence-electron chi connectivity index (χ3n) is 5.39. The highest BCUT2D eigenvalue weighted by Crippen LogP contribution is 2.33. The molecule has 1 unspecified atom stereocenters. The standard InChI is InChI=1S/C24H27N3O3/c1-16(2)30-23(28)20-21(17-8-4-3-5-9-17)25-24(29)26-22(20)18-10-12-19(13-11-18)27-14-6-7-15-27/h3-5,8-13,16,22H,6-7,14-15H2,1-2H3,(H2,25,26,29). The zero-order valence-electron chi connectivity index (χ0n) is 17.4. The highest BCUT2D eigenvalue weighted by atomic mass is 16.5. The van der Waals surface area contributed by atoms with Crippen LogP contribution in [-0.2, 0) is 9.53 Å². The van der Waals surface area contributed by atoms with E-state index in [1.165, 1.54) is 12.8 Å². The van der Waals surface area contributed by atoms with Gasteiger partial charge in [-0.25, -0.2) is 9.59 Å². The summed E-state index contributed by atoms with van der Waals surface area (Å²) >= 11 is 0. The Morgan fingerprint density at radius 2 is 1.70 bits per heavy atom. The Kier molecular flexibility index (Phi) is 5.74. The number of benzene rings is 2. The number of esters is 1. The molecule has 2 aromatic rings. The quantitative estimate of drug-likeness (QED) is 0.738. The number of carbonyl (C=O) groups is 2. The second-order valence-electron chi connectivity index (χ2n) is 7.93. The van der Waals surface area contributed by atoms with Crippen molar-refractivity contribution in [3.63, 3.8) is 0 Å². The molecule has 1 atom stereocenters. The molecule has 1 fully saturated rings. The lowest BCUT2D eigenvalue weighted by molar-refractivity contribution is -0.143. The van der Waals surface area contributed by atoms with Gasteiger partial charge in [0.05, 0.1) is 23.4 Å². The molecule has 2 N–H and O–H groups in total. The van der Waals surface area contributed by atoms with E-state index in [2.05, 4.69) is 27.7 Å². The summed E-state index contributed by atoms with van der Waals surface area (Å²) in [5.41, 5.74) is 3.66. The first-order chi connectivity index (χ1) is 14.5. The third-order valence-corrected chi connectivity index (χ3v) is 5.39. The average Bonchev–Trinajstić information content (AvgIpc) is 3.28. The van der Waals surface area contributed by atoms with E-state index in [4.69, 9.17) is 4.74 Å². The molecule has 6 nitrogen and oxygen atoms in total. The van der Waals surface area contributed by atoms with Crippen LogP contribution in [0.4, 0.5) is 10.5 Å². The smallest absolute Gasteiger partial charge is 0.338 e. The first-order valence-corrected chi connectivity index (χ1v) is 10.5. The Balaban J connectivity index is 1.75. The summed E-state index contributed by atoms with van der Waals surface area (Å²) in [5, 5.41) is 5.72. The van der Waals surface area contributed by atoms with Crippen molar-refractivity contribution in [1.82, 2.24) is 10.6 Å². The number of nitrogens with one attached hydrogen (secondary N) is 2. The molecule has 2 amide bonds. The van der Waals surface area contributed by atoms with Gasteiger partial charge in [0.1, 0.15) is 0 Å². The first-order valence-electron chi connectivity index (χ1n) is 10.5. The van der Waals surface area contributed by atoms with Crippen LogP contribution in [0.2, 0.25) is 0 Å². The second-order valence-corrected chi connectivity index (χ2v) is 7.93. The monoisotopic (exact) mass is 405 g/mol. The summed E-state index contributed by atoms with van der Waals surface area (Å²) in [4.78, 5) is 27.9. The van der Waals surface area contributed by atoms with E-state index in [0.717, 1.165) is 29.9 Å². The summed E-state index contributed by atoms with van der Waals surface area (Å²) in [5.74, 6) is -0.440. The minimum Gasteiger partial charge on any atom is -0.459 e. The highest BCUT2D eigenvalue weighted by molar-refractivity contribution is 6.04. The predicted molar refractivity (Wildman–Crippen MR) is 117 cm³/mol. The molecule has 1 saturated heterocycles. The largest absolute Gasteiger partial charge is 0.459 e. The van der Waals surface area contributed by atoms with Crippen LogP contribution in [0.3, 0.4) is 0 Å². The Morgan fingerprint density at radius 3 is 2.33 bits per heavy atom. The van der Waals surface area contributed by atoms with Crippen molar-refractivity contribution in [2.75, 3.05) is 18.0 Å². The zero-order chi connectivity index (χ0) is 21.1. The van der Waals surface area contributed by atoms with Gasteiger partial charge in [-0.15, -0.1) is 0 Å². The van der Waals surface area contributed by atoms with Crippen molar-refractivity contribution in [2.24, 2.45) is 0 Å². The number of amides is 2. The number of ether oxygens (including phenoxy) is 1. The number of hydrogen-bond acceptors (Lipinski definition) is 4. The van der Waals surface area contributed by atoms with Crippen LogP contribution in [0.25, 0.3) is 5.70 Å². The van der Waals surface area contributed by atoms with Crippen LogP contribution >= 0.6 is 0 Å². The number of rotatable bonds is 5. The topological polar surface area (TPSA) is 70.7 Å². The van der Waals surface area contributed by atoms with E-state index < -0.39 is 12.0 Å². The van der Waals surface area contributed by atoms with Gasteiger partial charge in [0, 0.05) is 18.8 Å². The van der Waals surface area contributed by atoms with Crippen LogP contribution in [0.15, 0.2) is 60.2 Å². The van der Waals surface area contributed by atoms with Gasteiger partial charge in [-0.1, -0.05) is 42.5 Å². The maximum absolute atomic E-state index is 13.1. The molecule has 30 heavy (non-hydrogen) atoms. The fourth-order valence-corrected chi connectivity index (χ4v) is 4.00. The van der Waals surface area contributed by atoms with E-state index >= 15 is 0 Å². The van der Waals surface area contributed by atoms with E-state index in [1.54, 1.807) is 0 Å². The lowest BCUT2D eigenvalue weighted by Gasteiger charge is -2.30. The molecule has 0 radical (unpaired) electrons. The maximum atomic E-state index is 13.1. The fraction of sp³-hybridized carbons (Fsp3) is 0.333. The Hall–Kier alpha value is -3.28. The zero-order valence-corrected chi connectivity index (χ0v) is 17.4. The summed E-state index contributed by atoms with van der Waals surface area (Å²) in [6.07, 6.45) is 2.15. The molecule has 4 rings (SSSR count). The van der Waals surface area contributed by atoms with Gasteiger partial charge < -0.3 is 20.3 Å². The SMILES string of the molecule is CC(C)OC(=O)C1=C(c2ccccc2)NC(=O)NC1c1ccc(N2CCCC2)cc1. The summed E-state index contributed by atoms with van der Waals surface area (Å²) in [7, 11) is 0. The van der Waals surface area contributed by atoms with Gasteiger partial charge in [-0.05, 0) is 49.9 Å². The maximum Gasteiger partial charge on any atom is 0.338 e. The van der Waals surface area contributed by atoms with Crippen molar-refractivity contribution in [1.29, 1.82) is 0 Å². The van der Waals surface area contributed by atoms with Crippen molar-refractivity contribution < 1.29 is 14.3 Å². The van der Waals surface area contributed by atoms with Crippen molar-refractivity contribution in [2.45, 2.75) is 38.8 Å². The third kappa shape index (κ3) is 4.17. The number of hydrogen-bond donors (Lipinski definition) is 2. The van der Waals surface area contributed by atoms with Gasteiger partial charge in [-0.2, -0.15) is 0 Å². The predicted octanol–water partition coefficient (Wildman–Crippen LogP) is 4.00. The number of carbonyl (C=O) groups excluding carboxylic acids is 2. The van der Waals surface area contributed by atoms with Crippen LogP contribution in [-0.4, -0.2) is 31.2 Å². The van der Waals surface area contributed by atoms with Crippen LogP contribution in [0.5, 0.6) is 0 Å². The Morgan fingerprint density at radius 1 is 1.03 bits per heavy atom. The van der Waals surface area contributed by atoms with Crippen molar-refractivity contribution in [3.05, 3.63) is 71.3 Å². The van der Waals surface area contributed by atoms with Crippen LogP contribution in [0, 0.1) is 0 Å². The van der Waals surface area contributed by atoms with Crippen molar-refractivity contribution >= 4 is 23.4 Å². The number of anilines is 1. The summed E-state index contributed by atoms with van der Waals surface area (Å²) in [6, 6.07) is 16.5. The Bertz CT molecular complexity index is 945. The molecule has 6 heteroatoms. The van der Waals surface area contributed by atoms with Crippen molar-refractivity contribution in [3.8, 4) is 0 Å². The Labute approximate surface area is 176 Å². The average molecular weight is 405 g/mol. The molecule has 0 saturated carbocycles. The van der Waals surface area contributed by atoms with Gasteiger partial charge >= 0.3 is 12.0 Å². The second kappa shape index (κ2) is 8.61. The minimum atomic E-state index is -0.590. The number of nitrogens with zero attached hydrogens (tertiary/aromatic N) is 1. The fourth-order valence-electron chi connectivity index (χ4n) is 4.00. The molecule has 0 aromatic heterocycles. The van der Waals surface area contributed by atoms with E-state index in [0.29, 0.717) is 11.3 Å². The lowest BCUT2D eigenvalue weighted by atomic mass is 9.92. The normalized spacial score (nSPS) is 19.0. The van der Waals surface area contributed by atoms with Gasteiger partial charge in [-0.3, -0.25) is 0 Å². The molecule has 0 bridgehead atoms. The van der Waals surface area contributed by atoms with E-state index in [1.807, 2.05) is 56.3 Å². The molecule has 2 aliphatic rings. The molecule has 2 heterocycles. The molecule has 156 valence electrons. The van der Waals surface area contributed by atoms with Crippen LogP contribution in [0.1, 0.15) is 43.9 Å². The molecule has 2 aliphatic heterocycles. The number of urea groups is 1.